The van der Waals surface area contributed by atoms with E-state index in [1.807, 2.05) is 5.43 Å². The van der Waals surface area contributed by atoms with Crippen LogP contribution >= 0.6 is 0 Å². The van der Waals surface area contributed by atoms with Gasteiger partial charge in [-0.3, -0.25) is 14.5 Å². The molecule has 0 aliphatic carbocycles. The van der Waals surface area contributed by atoms with E-state index in [9.17, 15) is 13.2 Å². The number of hydrazine groups is 1. The summed E-state index contributed by atoms with van der Waals surface area (Å²) in [6.07, 6.45) is 0. The first-order valence-electron chi connectivity index (χ1n) is 7.23. The topological polar surface area (TPSA) is 111 Å². The van der Waals surface area contributed by atoms with Gasteiger partial charge in [-0.2, -0.15) is 0 Å². The van der Waals surface area contributed by atoms with Crippen molar-refractivity contribution in [2.75, 3.05) is 25.1 Å². The minimum absolute atomic E-state index is 0.0428. The van der Waals surface area contributed by atoms with E-state index in [-0.39, 0.29) is 10.6 Å². The largest absolute Gasteiger partial charge is 0.493 e. The fourth-order valence-electron chi connectivity index (χ4n) is 2.19. The van der Waals surface area contributed by atoms with Crippen LogP contribution in [0.25, 0.3) is 0 Å². The number of para-hydroxylation sites is 1. The van der Waals surface area contributed by atoms with Gasteiger partial charge in [-0.05, 0) is 24.3 Å². The van der Waals surface area contributed by atoms with Crippen molar-refractivity contribution < 1.29 is 22.7 Å². The molecule has 25 heavy (non-hydrogen) atoms. The molecule has 0 saturated carbocycles. The predicted molar refractivity (Wildman–Crippen MR) is 92.8 cm³/mol. The van der Waals surface area contributed by atoms with Crippen LogP contribution < -0.4 is 25.0 Å². The van der Waals surface area contributed by atoms with Crippen LogP contribution in [0.5, 0.6) is 11.5 Å². The van der Waals surface area contributed by atoms with Crippen LogP contribution in [0.1, 0.15) is 0 Å². The first-order chi connectivity index (χ1) is 11.9. The standard InChI is InChI=1S/C16H19N3O5S/c1-23-14-9-8-13(10-15(14)24-2)25(21,22)19(11-16(20)18-17)12-6-4-3-5-7-12/h3-10H,11,17H2,1-2H3,(H,18,20). The normalized spacial score (nSPS) is 10.8. The molecule has 2 rings (SSSR count). The Hall–Kier alpha value is -2.78. The Labute approximate surface area is 146 Å². The van der Waals surface area contributed by atoms with Crippen molar-refractivity contribution in [1.82, 2.24) is 5.43 Å². The number of nitrogens with one attached hydrogen (secondary N) is 1. The molecule has 0 aliphatic rings. The van der Waals surface area contributed by atoms with Gasteiger partial charge in [-0.15, -0.1) is 0 Å². The van der Waals surface area contributed by atoms with E-state index in [2.05, 4.69) is 0 Å². The van der Waals surface area contributed by atoms with Crippen LogP contribution in [-0.4, -0.2) is 35.1 Å². The fourth-order valence-corrected chi connectivity index (χ4v) is 3.63. The number of hydrogen-bond acceptors (Lipinski definition) is 6. The third-order valence-corrected chi connectivity index (χ3v) is 5.21. The first kappa shape index (κ1) is 18.6. The minimum Gasteiger partial charge on any atom is -0.493 e. The number of sulfonamides is 1. The van der Waals surface area contributed by atoms with Gasteiger partial charge in [0.2, 0.25) is 0 Å². The fraction of sp³-hybridized carbons (Fsp3) is 0.188. The Balaban J connectivity index is 2.53. The number of benzene rings is 2. The molecular weight excluding hydrogens is 346 g/mol. The summed E-state index contributed by atoms with van der Waals surface area (Å²) < 4.78 is 37.4. The average molecular weight is 365 g/mol. The Bertz CT molecular complexity index is 840. The number of rotatable bonds is 7. The van der Waals surface area contributed by atoms with Gasteiger partial charge in [-0.1, -0.05) is 18.2 Å². The van der Waals surface area contributed by atoms with Gasteiger partial charge in [0.15, 0.2) is 11.5 Å². The lowest BCUT2D eigenvalue weighted by Gasteiger charge is -2.24. The second-order valence-electron chi connectivity index (χ2n) is 4.93. The SMILES string of the molecule is COc1ccc(S(=O)(=O)N(CC(=O)NN)c2ccccc2)cc1OC. The van der Waals surface area contributed by atoms with Crippen LogP contribution in [0.4, 0.5) is 5.69 Å². The van der Waals surface area contributed by atoms with Gasteiger partial charge < -0.3 is 9.47 Å². The molecule has 0 aromatic heterocycles. The van der Waals surface area contributed by atoms with E-state index >= 15 is 0 Å². The number of nitrogens with two attached hydrogens (primary N) is 1. The van der Waals surface area contributed by atoms with E-state index in [4.69, 9.17) is 15.3 Å². The summed E-state index contributed by atoms with van der Waals surface area (Å²) in [6.45, 7) is -0.461. The summed E-state index contributed by atoms with van der Waals surface area (Å²) >= 11 is 0. The lowest BCUT2D eigenvalue weighted by Crippen LogP contribution is -2.43. The molecule has 2 aromatic rings. The van der Waals surface area contributed by atoms with Crippen LogP contribution in [0.2, 0.25) is 0 Å². The van der Waals surface area contributed by atoms with Gasteiger partial charge in [0.1, 0.15) is 6.54 Å². The van der Waals surface area contributed by atoms with Crippen molar-refractivity contribution in [1.29, 1.82) is 0 Å². The molecule has 0 bridgehead atoms. The zero-order chi connectivity index (χ0) is 18.4. The molecule has 0 aliphatic heterocycles. The summed E-state index contributed by atoms with van der Waals surface area (Å²) in [5, 5.41) is 0. The van der Waals surface area contributed by atoms with Crippen LogP contribution in [-0.2, 0) is 14.8 Å². The molecule has 0 spiro atoms. The third-order valence-electron chi connectivity index (χ3n) is 3.44. The summed E-state index contributed by atoms with van der Waals surface area (Å²) in [6, 6.07) is 12.5. The van der Waals surface area contributed by atoms with Crippen molar-refractivity contribution >= 4 is 21.6 Å². The van der Waals surface area contributed by atoms with E-state index in [0.717, 1.165) is 4.31 Å². The summed E-state index contributed by atoms with van der Waals surface area (Å²) in [7, 11) is -1.18. The second kappa shape index (κ2) is 7.86. The number of anilines is 1. The highest BCUT2D eigenvalue weighted by Crippen LogP contribution is 2.32. The smallest absolute Gasteiger partial charge is 0.264 e. The molecule has 0 unspecified atom stereocenters. The molecule has 2 aromatic carbocycles. The first-order valence-corrected chi connectivity index (χ1v) is 8.67. The Morgan fingerprint density at radius 3 is 2.28 bits per heavy atom. The maximum atomic E-state index is 13.1. The lowest BCUT2D eigenvalue weighted by atomic mass is 10.3. The van der Waals surface area contributed by atoms with Crippen molar-refractivity contribution in [3.05, 3.63) is 48.5 Å². The predicted octanol–water partition coefficient (Wildman–Crippen LogP) is 0.889. The lowest BCUT2D eigenvalue weighted by molar-refractivity contribution is -0.119. The number of carbonyl (C=O) groups is 1. The number of amides is 1. The van der Waals surface area contributed by atoms with Gasteiger partial charge in [0.05, 0.1) is 24.8 Å². The Morgan fingerprint density at radius 2 is 1.72 bits per heavy atom. The van der Waals surface area contributed by atoms with Crippen LogP contribution in [0.3, 0.4) is 0 Å². The monoisotopic (exact) mass is 365 g/mol. The zero-order valence-corrected chi connectivity index (χ0v) is 14.6. The van der Waals surface area contributed by atoms with E-state index in [1.165, 1.54) is 32.4 Å². The molecular formula is C16H19N3O5S. The van der Waals surface area contributed by atoms with E-state index in [0.29, 0.717) is 11.4 Å². The van der Waals surface area contributed by atoms with E-state index < -0.39 is 22.5 Å². The minimum atomic E-state index is -4.04. The summed E-state index contributed by atoms with van der Waals surface area (Å²) in [5.74, 6) is 5.12. The van der Waals surface area contributed by atoms with Crippen molar-refractivity contribution in [2.45, 2.75) is 4.90 Å². The Kier molecular flexibility index (Phi) is 5.84. The van der Waals surface area contributed by atoms with Crippen molar-refractivity contribution in [3.8, 4) is 11.5 Å². The molecule has 1 amide bonds. The highest BCUT2D eigenvalue weighted by atomic mass is 32.2. The van der Waals surface area contributed by atoms with E-state index in [1.54, 1.807) is 30.3 Å². The molecule has 3 N–H and O–H groups in total. The van der Waals surface area contributed by atoms with Crippen molar-refractivity contribution in [2.24, 2.45) is 5.84 Å². The second-order valence-corrected chi connectivity index (χ2v) is 6.79. The number of carbonyl (C=O) groups excluding carboxylic acids is 1. The molecule has 0 heterocycles. The molecule has 0 saturated heterocycles. The molecule has 0 fully saturated rings. The highest BCUT2D eigenvalue weighted by Gasteiger charge is 2.28. The number of nitrogens with zero attached hydrogens (tertiary/aromatic N) is 1. The highest BCUT2D eigenvalue weighted by molar-refractivity contribution is 7.92. The van der Waals surface area contributed by atoms with Gasteiger partial charge in [0, 0.05) is 6.07 Å². The Morgan fingerprint density at radius 1 is 1.08 bits per heavy atom. The quantitative estimate of drug-likeness (QED) is 0.428. The van der Waals surface area contributed by atoms with Gasteiger partial charge >= 0.3 is 0 Å². The number of hydrogen-bond donors (Lipinski definition) is 2. The van der Waals surface area contributed by atoms with Gasteiger partial charge in [-0.25, -0.2) is 14.3 Å². The number of methoxy groups -OCH3 is 2. The number of ether oxygens (including phenoxy) is 2. The molecule has 0 radical (unpaired) electrons. The van der Waals surface area contributed by atoms with Crippen LogP contribution in [0, 0.1) is 0 Å². The molecule has 9 heteroatoms. The van der Waals surface area contributed by atoms with Gasteiger partial charge in [0.25, 0.3) is 15.9 Å². The third kappa shape index (κ3) is 4.01. The van der Waals surface area contributed by atoms with Crippen LogP contribution in [0.15, 0.2) is 53.4 Å². The summed E-state index contributed by atoms with van der Waals surface area (Å²) in [4.78, 5) is 11.7. The maximum absolute atomic E-state index is 13.1. The van der Waals surface area contributed by atoms with Crippen molar-refractivity contribution in [3.63, 3.8) is 0 Å². The molecule has 134 valence electrons. The maximum Gasteiger partial charge on any atom is 0.264 e. The summed E-state index contributed by atoms with van der Waals surface area (Å²) in [5.41, 5.74) is 2.27. The average Bonchev–Trinajstić information content (AvgIpc) is 2.65. The molecule has 8 nitrogen and oxygen atoms in total. The molecule has 0 atom stereocenters. The zero-order valence-electron chi connectivity index (χ0n) is 13.8.